The number of amides is 1. The summed E-state index contributed by atoms with van der Waals surface area (Å²) in [6, 6.07) is 10.2. The van der Waals surface area contributed by atoms with Gasteiger partial charge in [-0.1, -0.05) is 19.8 Å². The number of hydrogen-bond acceptors (Lipinski definition) is 12. The lowest BCUT2D eigenvalue weighted by Crippen LogP contribution is -2.57. The van der Waals surface area contributed by atoms with E-state index in [9.17, 15) is 23.3 Å². The lowest BCUT2D eigenvalue weighted by atomic mass is 9.60. The van der Waals surface area contributed by atoms with Gasteiger partial charge in [0.2, 0.25) is 0 Å². The number of sulfonamides is 1. The number of pyridine rings is 2. The molecule has 55 heavy (non-hydrogen) atoms. The molecule has 2 saturated carbocycles. The molecular weight excluding hydrogens is 727 g/mol. The van der Waals surface area contributed by atoms with Crippen LogP contribution in [-0.4, -0.2) is 91.1 Å². The number of nitro groups is 1. The second-order valence-corrected chi connectivity index (χ2v) is 17.4. The number of aromatic nitrogens is 3. The summed E-state index contributed by atoms with van der Waals surface area (Å²) in [7, 11) is -4.60. The maximum absolute atomic E-state index is 13.8. The molecule has 0 bridgehead atoms. The molecule has 2 aliphatic carbocycles. The number of H-pyrrole nitrogens is 1. The lowest BCUT2D eigenvalue weighted by molar-refractivity contribution is -0.386. The fraction of sp³-hybridized carbons (Fsp3) is 0.513. The number of aromatic amines is 1. The van der Waals surface area contributed by atoms with E-state index in [0.29, 0.717) is 28.8 Å². The number of fused-ring (bicyclic) bond motifs is 1. The fourth-order valence-electron chi connectivity index (χ4n) is 8.61. The summed E-state index contributed by atoms with van der Waals surface area (Å²) < 4.78 is 46.7. The first-order chi connectivity index (χ1) is 26.5. The second-order valence-electron chi connectivity index (χ2n) is 15.7. The highest BCUT2D eigenvalue weighted by Crippen LogP contribution is 2.51. The van der Waals surface area contributed by atoms with Gasteiger partial charge in [0, 0.05) is 61.6 Å². The summed E-state index contributed by atoms with van der Waals surface area (Å²) in [5.74, 6) is 0.160. The molecular formula is C39H47N7O8S. The van der Waals surface area contributed by atoms with E-state index in [1.54, 1.807) is 30.5 Å². The van der Waals surface area contributed by atoms with Crippen LogP contribution in [0.4, 0.5) is 11.4 Å². The molecule has 0 atom stereocenters. The highest BCUT2D eigenvalue weighted by molar-refractivity contribution is 7.90. The van der Waals surface area contributed by atoms with Gasteiger partial charge >= 0.3 is 5.69 Å². The van der Waals surface area contributed by atoms with Crippen molar-refractivity contribution in [1.29, 1.82) is 0 Å². The normalized spacial score (nSPS) is 21.9. The van der Waals surface area contributed by atoms with Crippen molar-refractivity contribution in [2.24, 2.45) is 17.3 Å². The Morgan fingerprint density at radius 2 is 1.80 bits per heavy atom. The third-order valence-corrected chi connectivity index (χ3v) is 13.3. The Labute approximate surface area is 320 Å². The molecule has 1 amide bonds. The molecule has 3 aromatic heterocycles. The highest BCUT2D eigenvalue weighted by atomic mass is 32.2. The van der Waals surface area contributed by atoms with Crippen molar-refractivity contribution in [3.63, 3.8) is 0 Å². The van der Waals surface area contributed by atoms with E-state index in [1.807, 2.05) is 6.07 Å². The summed E-state index contributed by atoms with van der Waals surface area (Å²) in [6.45, 7) is 7.75. The zero-order valence-electron chi connectivity index (χ0n) is 30.9. The van der Waals surface area contributed by atoms with Crippen molar-refractivity contribution in [3.8, 4) is 17.4 Å². The zero-order chi connectivity index (χ0) is 38.2. The Morgan fingerprint density at radius 3 is 2.55 bits per heavy atom. The van der Waals surface area contributed by atoms with Crippen molar-refractivity contribution in [1.82, 2.24) is 24.6 Å². The smallest absolute Gasteiger partial charge is 0.332 e. The average molecular weight is 774 g/mol. The summed E-state index contributed by atoms with van der Waals surface area (Å²) in [6.07, 6.45) is 12.8. The van der Waals surface area contributed by atoms with Crippen LogP contribution >= 0.6 is 0 Å². The molecule has 4 fully saturated rings. The van der Waals surface area contributed by atoms with Crippen LogP contribution in [0.25, 0.3) is 11.0 Å². The van der Waals surface area contributed by atoms with Crippen LogP contribution in [0.3, 0.4) is 0 Å². The van der Waals surface area contributed by atoms with E-state index in [1.165, 1.54) is 19.0 Å². The van der Waals surface area contributed by atoms with Crippen molar-refractivity contribution >= 4 is 38.3 Å². The van der Waals surface area contributed by atoms with Crippen molar-refractivity contribution in [2.75, 3.05) is 50.9 Å². The maximum atomic E-state index is 13.8. The van der Waals surface area contributed by atoms with E-state index in [0.717, 1.165) is 101 Å². The van der Waals surface area contributed by atoms with Crippen molar-refractivity contribution < 1.29 is 32.3 Å². The van der Waals surface area contributed by atoms with Gasteiger partial charge in [-0.05, 0) is 80.0 Å². The molecule has 0 unspecified atom stereocenters. The zero-order valence-corrected chi connectivity index (χ0v) is 31.8. The number of piperidine rings is 1. The van der Waals surface area contributed by atoms with E-state index >= 15 is 0 Å². The number of anilines is 1. The van der Waals surface area contributed by atoms with Gasteiger partial charge in [0.15, 0.2) is 0 Å². The van der Waals surface area contributed by atoms with Crippen LogP contribution in [0.15, 0.2) is 59.9 Å². The molecule has 292 valence electrons. The predicted octanol–water partition coefficient (Wildman–Crippen LogP) is 6.06. The maximum Gasteiger partial charge on any atom is 0.332 e. The van der Waals surface area contributed by atoms with E-state index in [4.69, 9.17) is 14.2 Å². The Bertz CT molecular complexity index is 2150. The van der Waals surface area contributed by atoms with Gasteiger partial charge in [-0.3, -0.25) is 19.8 Å². The SMILES string of the molecule is C[C@H]1CC[C@@H](COc2ncc(S(=O)(=O)NC(=O)c3ccc(N4CCC5(CC4)CC(N4CCOCC4)C5)cc3Oc3cnc4[nH]ccc4c3)cc2[N+](=O)[O-])CC1. The minimum Gasteiger partial charge on any atom is -0.473 e. The summed E-state index contributed by atoms with van der Waals surface area (Å²) >= 11 is 0. The molecule has 16 heteroatoms. The number of ether oxygens (including phenoxy) is 3. The minimum absolute atomic E-state index is 0.0356. The van der Waals surface area contributed by atoms with Crippen LogP contribution in [0, 0.1) is 27.4 Å². The van der Waals surface area contributed by atoms with E-state index < -0.39 is 31.4 Å². The van der Waals surface area contributed by atoms with E-state index in [-0.39, 0.29) is 29.7 Å². The Morgan fingerprint density at radius 1 is 1.04 bits per heavy atom. The van der Waals surface area contributed by atoms with Crippen LogP contribution in [0.5, 0.6) is 17.4 Å². The number of carbonyl (C=O) groups excluding carboxylic acids is 1. The van der Waals surface area contributed by atoms with Crippen LogP contribution in [0.1, 0.15) is 68.6 Å². The molecule has 5 heterocycles. The third-order valence-electron chi connectivity index (χ3n) is 12.0. The van der Waals surface area contributed by atoms with E-state index in [2.05, 4.69) is 36.4 Å². The minimum atomic E-state index is -4.60. The molecule has 8 rings (SSSR count). The van der Waals surface area contributed by atoms with Crippen molar-refractivity contribution in [2.45, 2.75) is 69.2 Å². The first kappa shape index (κ1) is 37.1. The number of hydrogen-bond donors (Lipinski definition) is 2. The van der Waals surface area contributed by atoms with Crippen LogP contribution < -0.4 is 19.1 Å². The predicted molar refractivity (Wildman–Crippen MR) is 204 cm³/mol. The summed E-state index contributed by atoms with van der Waals surface area (Å²) in [5, 5.41) is 12.8. The number of nitrogens with zero attached hydrogens (tertiary/aromatic N) is 5. The number of carbonyl (C=O) groups is 1. The molecule has 2 aliphatic heterocycles. The number of nitrogens with one attached hydrogen (secondary N) is 2. The third kappa shape index (κ3) is 8.12. The first-order valence-corrected chi connectivity index (χ1v) is 20.7. The van der Waals surface area contributed by atoms with Crippen LogP contribution in [-0.2, 0) is 14.8 Å². The van der Waals surface area contributed by atoms with Crippen molar-refractivity contribution in [3.05, 3.63) is 70.7 Å². The Balaban J connectivity index is 0.991. The monoisotopic (exact) mass is 773 g/mol. The second kappa shape index (κ2) is 15.4. The average Bonchev–Trinajstić information content (AvgIpc) is 3.65. The number of morpholine rings is 1. The van der Waals surface area contributed by atoms with Crippen LogP contribution in [0.2, 0.25) is 0 Å². The van der Waals surface area contributed by atoms with Gasteiger partial charge in [-0.15, -0.1) is 0 Å². The fourth-order valence-corrected chi connectivity index (χ4v) is 9.54. The molecule has 4 aliphatic rings. The first-order valence-electron chi connectivity index (χ1n) is 19.2. The van der Waals surface area contributed by atoms with Gasteiger partial charge in [0.25, 0.3) is 21.8 Å². The summed E-state index contributed by atoms with van der Waals surface area (Å²) in [5.41, 5.74) is 1.23. The Kier molecular flexibility index (Phi) is 10.4. The molecule has 2 N–H and O–H groups in total. The van der Waals surface area contributed by atoms with Gasteiger partial charge < -0.3 is 24.1 Å². The number of rotatable bonds is 11. The quantitative estimate of drug-likeness (QED) is 0.133. The Hall–Kier alpha value is -4.80. The highest BCUT2D eigenvalue weighted by Gasteiger charge is 2.48. The molecule has 1 spiro atoms. The molecule has 0 radical (unpaired) electrons. The molecule has 15 nitrogen and oxygen atoms in total. The molecule has 2 saturated heterocycles. The standard InChI is InChI=1S/C39H47N7O8S/c1-26-2-4-27(5-3-26)25-53-38-34(46(48)49)20-32(24-42-38)55(50,51)43-37(47)33-7-6-29(19-35(33)54-31-18-28-8-11-40-36(28)41-23-31)44-12-9-39(10-13-44)21-30(22-39)45-14-16-52-17-15-45/h6-8,11,18-20,23-24,26-27,30H,2-5,9-10,12-17,21-22,25H2,1H3,(H,40,41)(H,43,47)/t26-,27+. The van der Waals surface area contributed by atoms with Gasteiger partial charge in [0.05, 0.1) is 42.7 Å². The number of benzene rings is 1. The van der Waals surface area contributed by atoms with Gasteiger partial charge in [-0.25, -0.2) is 23.1 Å². The van der Waals surface area contributed by atoms with Gasteiger partial charge in [0.1, 0.15) is 22.0 Å². The lowest BCUT2D eigenvalue weighted by Gasteiger charge is -2.56. The van der Waals surface area contributed by atoms with Gasteiger partial charge in [-0.2, -0.15) is 0 Å². The molecule has 1 aromatic carbocycles. The molecule has 4 aromatic rings. The summed E-state index contributed by atoms with van der Waals surface area (Å²) in [4.78, 5) is 40.8. The topological polar surface area (TPSA) is 182 Å². The largest absolute Gasteiger partial charge is 0.473 e.